The van der Waals surface area contributed by atoms with Gasteiger partial charge in [-0.25, -0.2) is 9.67 Å². The topological polar surface area (TPSA) is 88.9 Å². The lowest BCUT2D eigenvalue weighted by Gasteiger charge is -2.12. The first kappa shape index (κ1) is 18.9. The molecule has 1 unspecified atom stereocenters. The van der Waals surface area contributed by atoms with Gasteiger partial charge in [0.1, 0.15) is 18.7 Å². The Kier molecular flexibility index (Phi) is 5.73. The molecule has 0 aliphatic carbocycles. The van der Waals surface area contributed by atoms with Crippen molar-refractivity contribution in [3.05, 3.63) is 70.7 Å². The molecular weight excluding hydrogens is 389 g/mol. The Bertz CT molecular complexity index is 958. The van der Waals surface area contributed by atoms with Gasteiger partial charge in [0.25, 0.3) is 5.91 Å². The minimum atomic E-state index is -0.503. The highest BCUT2D eigenvalue weighted by atomic mass is 35.5. The van der Waals surface area contributed by atoms with Crippen LogP contribution in [0.2, 0.25) is 10.0 Å². The summed E-state index contributed by atoms with van der Waals surface area (Å²) in [5, 5.41) is 10.2. The molecule has 1 aromatic heterocycles. The average Bonchev–Trinajstić information content (AvgIpc) is 3.19. The fourth-order valence-corrected chi connectivity index (χ4v) is 2.67. The standard InChI is InChI=1S/C18H15Cl2N5O2/c1-11(25-10-21-9-22-25)17(26)23-13-3-5-14(6-4-13)24-18(27)15-8-12(19)2-7-16(15)20/h2-11H,1H3,(H,23,26)(H,24,27). The molecule has 2 amide bonds. The molecule has 1 atom stereocenters. The second kappa shape index (κ2) is 8.20. The first-order chi connectivity index (χ1) is 12.9. The summed E-state index contributed by atoms with van der Waals surface area (Å²) in [5.41, 5.74) is 1.42. The van der Waals surface area contributed by atoms with Crippen molar-refractivity contribution in [2.24, 2.45) is 0 Å². The van der Waals surface area contributed by atoms with E-state index in [1.165, 1.54) is 23.4 Å². The van der Waals surface area contributed by atoms with Crippen LogP contribution in [0.3, 0.4) is 0 Å². The number of nitrogens with zero attached hydrogens (tertiary/aromatic N) is 3. The van der Waals surface area contributed by atoms with Gasteiger partial charge in [0.15, 0.2) is 0 Å². The van der Waals surface area contributed by atoms with Crippen LogP contribution in [0.25, 0.3) is 0 Å². The number of carbonyl (C=O) groups excluding carboxylic acids is 2. The normalized spacial score (nSPS) is 11.7. The van der Waals surface area contributed by atoms with Gasteiger partial charge in [-0.2, -0.15) is 5.10 Å². The van der Waals surface area contributed by atoms with Gasteiger partial charge < -0.3 is 10.6 Å². The van der Waals surface area contributed by atoms with Gasteiger partial charge in [-0.05, 0) is 49.4 Å². The third-order valence-electron chi connectivity index (χ3n) is 3.80. The summed E-state index contributed by atoms with van der Waals surface area (Å²) >= 11 is 11.9. The van der Waals surface area contributed by atoms with Gasteiger partial charge in [-0.15, -0.1) is 0 Å². The number of nitrogens with one attached hydrogen (secondary N) is 2. The van der Waals surface area contributed by atoms with Crippen LogP contribution >= 0.6 is 23.2 Å². The van der Waals surface area contributed by atoms with Crippen molar-refractivity contribution < 1.29 is 9.59 Å². The lowest BCUT2D eigenvalue weighted by molar-refractivity contribution is -0.119. The molecule has 1 heterocycles. The van der Waals surface area contributed by atoms with Gasteiger partial charge in [-0.3, -0.25) is 9.59 Å². The Labute approximate surface area is 165 Å². The van der Waals surface area contributed by atoms with E-state index in [2.05, 4.69) is 20.7 Å². The van der Waals surface area contributed by atoms with Gasteiger partial charge in [0.05, 0.1) is 10.6 Å². The van der Waals surface area contributed by atoms with Crippen LogP contribution in [0.1, 0.15) is 23.3 Å². The van der Waals surface area contributed by atoms with Crippen molar-refractivity contribution in [1.82, 2.24) is 14.8 Å². The summed E-state index contributed by atoms with van der Waals surface area (Å²) < 4.78 is 1.46. The van der Waals surface area contributed by atoms with Gasteiger partial charge in [-0.1, -0.05) is 23.2 Å². The maximum absolute atomic E-state index is 12.3. The van der Waals surface area contributed by atoms with E-state index < -0.39 is 6.04 Å². The molecule has 0 fully saturated rings. The highest BCUT2D eigenvalue weighted by Crippen LogP contribution is 2.22. The Balaban J connectivity index is 1.64. The van der Waals surface area contributed by atoms with Crippen molar-refractivity contribution >= 4 is 46.4 Å². The molecule has 0 bridgehead atoms. The summed E-state index contributed by atoms with van der Waals surface area (Å²) in [4.78, 5) is 28.4. The molecule has 138 valence electrons. The maximum atomic E-state index is 12.3. The molecule has 0 saturated carbocycles. The van der Waals surface area contributed by atoms with Crippen LogP contribution in [0.15, 0.2) is 55.1 Å². The zero-order valence-electron chi connectivity index (χ0n) is 14.2. The van der Waals surface area contributed by atoms with Crippen molar-refractivity contribution in [3.63, 3.8) is 0 Å². The fourth-order valence-electron chi connectivity index (χ4n) is 2.29. The molecule has 3 aromatic rings. The fraction of sp³-hybridized carbons (Fsp3) is 0.111. The summed E-state index contributed by atoms with van der Waals surface area (Å²) in [6.07, 6.45) is 2.84. The summed E-state index contributed by atoms with van der Waals surface area (Å²) in [6, 6.07) is 10.9. The van der Waals surface area contributed by atoms with E-state index in [-0.39, 0.29) is 17.4 Å². The van der Waals surface area contributed by atoms with Crippen LogP contribution < -0.4 is 10.6 Å². The van der Waals surface area contributed by atoms with Gasteiger partial charge in [0.2, 0.25) is 5.91 Å². The number of halogens is 2. The van der Waals surface area contributed by atoms with Crippen LogP contribution in [-0.2, 0) is 4.79 Å². The third-order valence-corrected chi connectivity index (χ3v) is 4.36. The van der Waals surface area contributed by atoms with E-state index >= 15 is 0 Å². The summed E-state index contributed by atoms with van der Waals surface area (Å²) in [6.45, 7) is 1.72. The van der Waals surface area contributed by atoms with Crippen LogP contribution in [0, 0.1) is 0 Å². The Hall–Kier alpha value is -2.90. The highest BCUT2D eigenvalue weighted by Gasteiger charge is 2.16. The van der Waals surface area contributed by atoms with Crippen LogP contribution in [0.5, 0.6) is 0 Å². The number of anilines is 2. The lowest BCUT2D eigenvalue weighted by Crippen LogP contribution is -2.24. The molecule has 0 aliphatic heterocycles. The van der Waals surface area contributed by atoms with Crippen LogP contribution in [-0.4, -0.2) is 26.6 Å². The zero-order valence-corrected chi connectivity index (χ0v) is 15.7. The summed E-state index contributed by atoms with van der Waals surface area (Å²) in [5.74, 6) is -0.609. The zero-order chi connectivity index (χ0) is 19.4. The number of aromatic nitrogens is 3. The maximum Gasteiger partial charge on any atom is 0.257 e. The average molecular weight is 404 g/mol. The van der Waals surface area contributed by atoms with E-state index in [9.17, 15) is 9.59 Å². The molecule has 7 nitrogen and oxygen atoms in total. The molecule has 3 rings (SSSR count). The second-order valence-corrected chi connectivity index (χ2v) is 6.54. The molecule has 2 N–H and O–H groups in total. The van der Waals surface area contributed by atoms with Crippen molar-refractivity contribution in [3.8, 4) is 0 Å². The van der Waals surface area contributed by atoms with E-state index in [0.717, 1.165) is 0 Å². The van der Waals surface area contributed by atoms with Crippen LogP contribution in [0.4, 0.5) is 11.4 Å². The monoisotopic (exact) mass is 403 g/mol. The number of benzene rings is 2. The van der Waals surface area contributed by atoms with E-state index in [0.29, 0.717) is 21.4 Å². The van der Waals surface area contributed by atoms with E-state index in [1.807, 2.05) is 0 Å². The first-order valence-electron chi connectivity index (χ1n) is 7.95. The number of amides is 2. The largest absolute Gasteiger partial charge is 0.324 e. The highest BCUT2D eigenvalue weighted by molar-refractivity contribution is 6.36. The van der Waals surface area contributed by atoms with Crippen molar-refractivity contribution in [1.29, 1.82) is 0 Å². The SMILES string of the molecule is CC(C(=O)Nc1ccc(NC(=O)c2cc(Cl)ccc2Cl)cc1)n1cncn1. The molecule has 27 heavy (non-hydrogen) atoms. The summed E-state index contributed by atoms with van der Waals surface area (Å²) in [7, 11) is 0. The molecule has 0 aliphatic rings. The van der Waals surface area contributed by atoms with Gasteiger partial charge >= 0.3 is 0 Å². The third kappa shape index (κ3) is 4.64. The Morgan fingerprint density at radius 2 is 1.70 bits per heavy atom. The molecular formula is C18H15Cl2N5O2. The predicted octanol–water partition coefficient (Wildman–Crippen LogP) is 4.04. The molecule has 2 aromatic carbocycles. The quantitative estimate of drug-likeness (QED) is 0.672. The van der Waals surface area contributed by atoms with Gasteiger partial charge in [0, 0.05) is 16.4 Å². The number of carbonyl (C=O) groups is 2. The second-order valence-electron chi connectivity index (χ2n) is 5.70. The number of rotatable bonds is 5. The minimum Gasteiger partial charge on any atom is -0.324 e. The van der Waals surface area contributed by atoms with E-state index in [1.54, 1.807) is 43.3 Å². The number of hydrogen-bond acceptors (Lipinski definition) is 4. The molecule has 0 spiro atoms. The van der Waals surface area contributed by atoms with Crippen molar-refractivity contribution in [2.75, 3.05) is 10.6 Å². The Morgan fingerprint density at radius 1 is 1.04 bits per heavy atom. The Morgan fingerprint density at radius 3 is 2.33 bits per heavy atom. The smallest absolute Gasteiger partial charge is 0.257 e. The predicted molar refractivity (Wildman–Crippen MR) is 104 cm³/mol. The molecule has 0 radical (unpaired) electrons. The molecule has 0 saturated heterocycles. The first-order valence-corrected chi connectivity index (χ1v) is 8.71. The number of hydrogen-bond donors (Lipinski definition) is 2. The molecule has 9 heteroatoms. The lowest BCUT2D eigenvalue weighted by atomic mass is 10.2. The minimum absolute atomic E-state index is 0.233. The van der Waals surface area contributed by atoms with E-state index in [4.69, 9.17) is 23.2 Å². The van der Waals surface area contributed by atoms with Crippen molar-refractivity contribution in [2.45, 2.75) is 13.0 Å².